The lowest BCUT2D eigenvalue weighted by molar-refractivity contribution is -0.140. The normalized spacial score (nSPS) is 19.8. The molecule has 0 aromatic carbocycles. The summed E-state index contributed by atoms with van der Waals surface area (Å²) >= 11 is 2.46. The van der Waals surface area contributed by atoms with Gasteiger partial charge in [-0.3, -0.25) is 5.32 Å². The number of nitrogens with zero attached hydrogens (tertiary/aromatic N) is 3. The van der Waals surface area contributed by atoms with Gasteiger partial charge in [-0.05, 0) is 0 Å². The first-order valence-corrected chi connectivity index (χ1v) is 6.27. The second-order valence-corrected chi connectivity index (χ2v) is 4.82. The summed E-state index contributed by atoms with van der Waals surface area (Å²) in [4.78, 5) is 23.9. The number of rotatable bonds is 2. The third kappa shape index (κ3) is 2.25. The van der Waals surface area contributed by atoms with E-state index >= 15 is 0 Å². The van der Waals surface area contributed by atoms with Crippen LogP contribution in [0.4, 0.5) is 9.80 Å². The Labute approximate surface area is 99.0 Å². The van der Waals surface area contributed by atoms with Gasteiger partial charge in [-0.15, -0.1) is 16.9 Å². The van der Waals surface area contributed by atoms with Crippen molar-refractivity contribution in [2.45, 2.75) is 6.04 Å². The average molecular weight is 260 g/mol. The van der Waals surface area contributed by atoms with Crippen molar-refractivity contribution in [3.63, 3.8) is 0 Å². The van der Waals surface area contributed by atoms with E-state index in [1.807, 2.05) is 0 Å². The van der Waals surface area contributed by atoms with Gasteiger partial charge in [-0.25, -0.2) is 9.59 Å². The fraction of sp³-hybridized carbons (Fsp3) is 0.429. The predicted octanol–water partition coefficient (Wildman–Crippen LogP) is 0.529. The first-order valence-electron chi connectivity index (χ1n) is 4.34. The molecule has 1 atom stereocenters. The van der Waals surface area contributed by atoms with Crippen LogP contribution in [0.5, 0.6) is 0 Å². The quantitative estimate of drug-likeness (QED) is 0.805. The van der Waals surface area contributed by atoms with E-state index in [4.69, 9.17) is 5.11 Å². The van der Waals surface area contributed by atoms with Gasteiger partial charge in [0.2, 0.25) is 0 Å². The number of hydrogen-bond donors (Lipinski definition) is 2. The summed E-state index contributed by atoms with van der Waals surface area (Å²) in [7, 11) is 0. The number of amides is 2. The average Bonchev–Trinajstić information content (AvgIpc) is 2.86. The highest BCUT2D eigenvalue weighted by atomic mass is 32.2. The molecule has 2 heterocycles. The number of carbonyl (C=O) groups is 2. The zero-order valence-electron chi connectivity index (χ0n) is 7.99. The largest absolute Gasteiger partial charge is 0.480 e. The molecule has 16 heavy (non-hydrogen) atoms. The third-order valence-corrected chi connectivity index (χ3v) is 3.61. The first-order chi connectivity index (χ1) is 7.68. The van der Waals surface area contributed by atoms with Crippen LogP contribution in [-0.4, -0.2) is 49.3 Å². The second-order valence-electron chi connectivity index (χ2n) is 3.04. The topological polar surface area (TPSA) is 95.4 Å². The number of anilines is 1. The first kappa shape index (κ1) is 11.1. The highest BCUT2D eigenvalue weighted by molar-refractivity contribution is 7.99. The number of nitrogens with one attached hydrogen (secondary N) is 1. The lowest BCUT2D eigenvalue weighted by Gasteiger charge is -2.19. The van der Waals surface area contributed by atoms with Crippen LogP contribution in [0.3, 0.4) is 0 Å². The van der Waals surface area contributed by atoms with Gasteiger partial charge in [0, 0.05) is 17.3 Å². The molecule has 1 aliphatic heterocycles. The van der Waals surface area contributed by atoms with E-state index in [9.17, 15) is 9.59 Å². The van der Waals surface area contributed by atoms with Crippen molar-refractivity contribution < 1.29 is 14.7 Å². The van der Waals surface area contributed by atoms with Crippen molar-refractivity contribution >= 4 is 40.3 Å². The van der Waals surface area contributed by atoms with E-state index in [-0.39, 0.29) is 0 Å². The van der Waals surface area contributed by atoms with Crippen molar-refractivity contribution in [2.24, 2.45) is 0 Å². The van der Waals surface area contributed by atoms with Crippen LogP contribution in [0, 0.1) is 0 Å². The smallest absolute Gasteiger partial charge is 0.327 e. The van der Waals surface area contributed by atoms with Crippen molar-refractivity contribution in [3.05, 3.63) is 6.20 Å². The van der Waals surface area contributed by atoms with Crippen LogP contribution >= 0.6 is 23.3 Å². The molecule has 1 aliphatic rings. The number of carbonyl (C=O) groups excluding carboxylic acids is 1. The van der Waals surface area contributed by atoms with Gasteiger partial charge >= 0.3 is 12.0 Å². The monoisotopic (exact) mass is 260 g/mol. The minimum Gasteiger partial charge on any atom is -0.480 e. The molecule has 0 bridgehead atoms. The summed E-state index contributed by atoms with van der Waals surface area (Å²) in [5.74, 6) is -0.179. The molecule has 1 saturated heterocycles. The van der Waals surface area contributed by atoms with Crippen LogP contribution in [0.2, 0.25) is 0 Å². The Kier molecular flexibility index (Phi) is 3.25. The van der Waals surface area contributed by atoms with Gasteiger partial charge in [-0.2, -0.15) is 0 Å². The van der Waals surface area contributed by atoms with E-state index < -0.39 is 18.0 Å². The Hall–Kier alpha value is -1.35. The SMILES string of the molecule is O=C(O)C1CSCN1C(=O)Nc1cnns1. The molecule has 2 amide bonds. The Bertz CT molecular complexity index is 396. The van der Waals surface area contributed by atoms with Crippen LogP contribution in [0.15, 0.2) is 6.20 Å². The lowest BCUT2D eigenvalue weighted by atomic mass is 10.3. The molecular weight excluding hydrogens is 252 g/mol. The number of aliphatic carboxylic acids is 1. The predicted molar refractivity (Wildman–Crippen MR) is 59.5 cm³/mol. The molecule has 1 aromatic rings. The van der Waals surface area contributed by atoms with Crippen LogP contribution < -0.4 is 5.32 Å². The molecular formula is C7H8N4O3S2. The maximum absolute atomic E-state index is 11.7. The van der Waals surface area contributed by atoms with Gasteiger partial charge in [0.15, 0.2) is 0 Å². The summed E-state index contributed by atoms with van der Waals surface area (Å²) in [5.41, 5.74) is 0. The number of carboxylic acid groups (broad SMARTS) is 1. The van der Waals surface area contributed by atoms with Crippen molar-refractivity contribution in [1.82, 2.24) is 14.5 Å². The summed E-state index contributed by atoms with van der Waals surface area (Å²) in [6, 6.07) is -1.19. The van der Waals surface area contributed by atoms with E-state index in [0.717, 1.165) is 11.5 Å². The standard InChI is InChI=1S/C7H8N4O3S2/c12-6(13)4-2-15-3-11(4)7(14)9-5-1-8-10-16-5/h1,4H,2-3H2,(H,9,14)(H,12,13). The Morgan fingerprint density at radius 3 is 3.06 bits per heavy atom. The van der Waals surface area contributed by atoms with E-state index in [2.05, 4.69) is 14.9 Å². The van der Waals surface area contributed by atoms with Crippen LogP contribution in [-0.2, 0) is 4.79 Å². The minimum atomic E-state index is -0.984. The summed E-state index contributed by atoms with van der Waals surface area (Å²) in [6.45, 7) is 0. The van der Waals surface area contributed by atoms with Crippen molar-refractivity contribution in [2.75, 3.05) is 16.9 Å². The van der Waals surface area contributed by atoms with Gasteiger partial charge in [0.05, 0.1) is 12.1 Å². The molecule has 2 N–H and O–H groups in total. The molecule has 1 aromatic heterocycles. The van der Waals surface area contributed by atoms with Gasteiger partial charge in [0.1, 0.15) is 11.0 Å². The fourth-order valence-corrected chi connectivity index (χ4v) is 2.80. The third-order valence-electron chi connectivity index (χ3n) is 2.02. The van der Waals surface area contributed by atoms with Crippen LogP contribution in [0.25, 0.3) is 0 Å². The lowest BCUT2D eigenvalue weighted by Crippen LogP contribution is -2.43. The Balaban J connectivity index is 2.01. The molecule has 2 rings (SSSR count). The second kappa shape index (κ2) is 4.66. The van der Waals surface area contributed by atoms with Gasteiger partial charge in [0.25, 0.3) is 0 Å². The van der Waals surface area contributed by atoms with Gasteiger partial charge < -0.3 is 10.0 Å². The number of carboxylic acids is 1. The zero-order chi connectivity index (χ0) is 11.5. The highest BCUT2D eigenvalue weighted by Crippen LogP contribution is 2.22. The van der Waals surface area contributed by atoms with Crippen molar-refractivity contribution in [1.29, 1.82) is 0 Å². The molecule has 7 nitrogen and oxygen atoms in total. The molecule has 0 radical (unpaired) electrons. The molecule has 1 fully saturated rings. The zero-order valence-corrected chi connectivity index (χ0v) is 9.62. The molecule has 0 aliphatic carbocycles. The summed E-state index contributed by atoms with van der Waals surface area (Å²) in [6.07, 6.45) is 1.42. The van der Waals surface area contributed by atoms with E-state index in [0.29, 0.717) is 16.6 Å². The minimum absolute atomic E-state index is 0.384. The fourth-order valence-electron chi connectivity index (χ4n) is 1.25. The van der Waals surface area contributed by atoms with E-state index in [1.165, 1.54) is 22.9 Å². The molecule has 0 spiro atoms. The molecule has 1 unspecified atom stereocenters. The Morgan fingerprint density at radius 2 is 2.44 bits per heavy atom. The van der Waals surface area contributed by atoms with Gasteiger partial charge in [-0.1, -0.05) is 4.49 Å². The molecule has 0 saturated carbocycles. The molecule has 9 heteroatoms. The number of urea groups is 1. The van der Waals surface area contributed by atoms with Crippen molar-refractivity contribution in [3.8, 4) is 0 Å². The number of aromatic nitrogens is 2. The summed E-state index contributed by atoms with van der Waals surface area (Å²) in [5, 5.41) is 15.5. The maximum atomic E-state index is 11.7. The Morgan fingerprint density at radius 1 is 1.62 bits per heavy atom. The molecule has 86 valence electrons. The van der Waals surface area contributed by atoms with Crippen LogP contribution in [0.1, 0.15) is 0 Å². The maximum Gasteiger partial charge on any atom is 0.327 e. The summed E-state index contributed by atoms with van der Waals surface area (Å²) < 4.78 is 3.59. The number of hydrogen-bond acceptors (Lipinski definition) is 6. The highest BCUT2D eigenvalue weighted by Gasteiger charge is 2.34. The van der Waals surface area contributed by atoms with E-state index in [1.54, 1.807) is 0 Å². The number of thioether (sulfide) groups is 1.